The van der Waals surface area contributed by atoms with Crippen molar-refractivity contribution in [1.29, 1.82) is 0 Å². The molecule has 1 rings (SSSR count). The highest BCUT2D eigenvalue weighted by atomic mass is 16.5. The van der Waals surface area contributed by atoms with E-state index in [1.807, 2.05) is 0 Å². The maximum atomic E-state index is 10.3. The van der Waals surface area contributed by atoms with Gasteiger partial charge in [-0.1, -0.05) is 12.1 Å². The molecule has 10 nitrogen and oxygen atoms in total. The van der Waals surface area contributed by atoms with Crippen molar-refractivity contribution in [2.24, 2.45) is 10.8 Å². The normalized spacial score (nSPS) is 11.6. The Bertz CT molecular complexity index is 504. The van der Waals surface area contributed by atoms with Gasteiger partial charge in [-0.05, 0) is 12.1 Å². The summed E-state index contributed by atoms with van der Waals surface area (Å²) in [5, 5.41) is 71.5. The molecule has 0 heterocycles. The molecule has 10 heteroatoms. The third-order valence-corrected chi connectivity index (χ3v) is 3.96. The summed E-state index contributed by atoms with van der Waals surface area (Å²) in [5.74, 6) is -1.31. The molecule has 0 atom stereocenters. The van der Waals surface area contributed by atoms with E-state index in [0.717, 1.165) is 0 Å². The molecule has 1 aromatic rings. The van der Waals surface area contributed by atoms with Crippen LogP contribution in [0.15, 0.2) is 24.3 Å². The van der Waals surface area contributed by atoms with Gasteiger partial charge in [0.15, 0.2) is 0 Å². The van der Waals surface area contributed by atoms with Crippen LogP contribution in [0.5, 0.6) is 5.75 Å². The van der Waals surface area contributed by atoms with Gasteiger partial charge in [-0.3, -0.25) is 0 Å². The molecular weight excluding hydrogens is 364 g/mol. The number of aromatic carboxylic acids is 1. The fourth-order valence-electron chi connectivity index (χ4n) is 1.71. The molecule has 0 aromatic heterocycles. The van der Waals surface area contributed by atoms with Crippen LogP contribution in [-0.2, 0) is 4.74 Å². The Morgan fingerprint density at radius 1 is 0.778 bits per heavy atom. The first-order valence-electron chi connectivity index (χ1n) is 8.03. The molecule has 0 bridgehead atoms. The second-order valence-corrected chi connectivity index (χ2v) is 6.26. The minimum Gasteiger partial charge on any atom is -0.507 e. The molecular formula is C17H28O10. The van der Waals surface area contributed by atoms with Crippen molar-refractivity contribution in [2.45, 2.75) is 0 Å². The van der Waals surface area contributed by atoms with Gasteiger partial charge in [-0.2, -0.15) is 0 Å². The average molecular weight is 392 g/mol. The minimum absolute atomic E-state index is 0.0671. The van der Waals surface area contributed by atoms with Crippen molar-refractivity contribution < 1.29 is 50.4 Å². The van der Waals surface area contributed by atoms with Crippen molar-refractivity contribution in [3.05, 3.63) is 29.8 Å². The summed E-state index contributed by atoms with van der Waals surface area (Å²) in [5.41, 5.74) is -2.39. The monoisotopic (exact) mass is 392 g/mol. The molecule has 0 aliphatic heterocycles. The van der Waals surface area contributed by atoms with E-state index in [1.165, 1.54) is 12.1 Å². The lowest BCUT2D eigenvalue weighted by molar-refractivity contribution is -0.103. The number of benzene rings is 1. The number of hydrogen-bond donors (Lipinski definition) is 8. The van der Waals surface area contributed by atoms with E-state index >= 15 is 0 Å². The fraction of sp³-hybridized carbons (Fsp3) is 0.588. The lowest BCUT2D eigenvalue weighted by Crippen LogP contribution is -2.43. The summed E-state index contributed by atoms with van der Waals surface area (Å²) < 4.78 is 5.15. The zero-order chi connectivity index (χ0) is 20.9. The minimum atomic E-state index is -1.16. The highest BCUT2D eigenvalue weighted by Gasteiger charge is 2.32. The molecule has 0 unspecified atom stereocenters. The molecule has 0 fully saturated rings. The lowest BCUT2D eigenvalue weighted by Gasteiger charge is -2.31. The van der Waals surface area contributed by atoms with Crippen LogP contribution >= 0.6 is 0 Å². The smallest absolute Gasteiger partial charge is 0.339 e. The van der Waals surface area contributed by atoms with Crippen molar-refractivity contribution in [3.8, 4) is 5.75 Å². The number of para-hydroxylation sites is 1. The van der Waals surface area contributed by atoms with Crippen LogP contribution in [-0.4, -0.2) is 99.7 Å². The van der Waals surface area contributed by atoms with Gasteiger partial charge in [0.2, 0.25) is 0 Å². The van der Waals surface area contributed by atoms with Crippen LogP contribution in [0.2, 0.25) is 0 Å². The first kappa shape index (κ1) is 25.2. The van der Waals surface area contributed by atoms with Gasteiger partial charge in [0.1, 0.15) is 11.3 Å². The molecule has 1 aromatic carbocycles. The lowest BCUT2D eigenvalue weighted by atomic mass is 9.91. The summed E-state index contributed by atoms with van der Waals surface area (Å²) in [7, 11) is 0. The van der Waals surface area contributed by atoms with Crippen LogP contribution in [0, 0.1) is 10.8 Å². The number of carboxylic acid groups (broad SMARTS) is 1. The van der Waals surface area contributed by atoms with Gasteiger partial charge in [-0.25, -0.2) is 4.79 Å². The summed E-state index contributed by atoms with van der Waals surface area (Å²) in [4.78, 5) is 10.3. The predicted octanol–water partition coefficient (Wildman–Crippen LogP) is -1.98. The Balaban J connectivity index is 0.000000569. The number of rotatable bonds is 11. The molecule has 0 saturated heterocycles. The van der Waals surface area contributed by atoms with E-state index in [2.05, 4.69) is 0 Å². The van der Waals surface area contributed by atoms with Crippen LogP contribution in [0.25, 0.3) is 0 Å². The second-order valence-electron chi connectivity index (χ2n) is 6.26. The summed E-state index contributed by atoms with van der Waals surface area (Å²) in [6.45, 7) is -3.01. The fourth-order valence-corrected chi connectivity index (χ4v) is 1.71. The van der Waals surface area contributed by atoms with Crippen molar-refractivity contribution in [1.82, 2.24) is 0 Å². The van der Waals surface area contributed by atoms with E-state index in [0.29, 0.717) is 0 Å². The van der Waals surface area contributed by atoms with Crippen LogP contribution in [0.3, 0.4) is 0 Å². The van der Waals surface area contributed by atoms with Gasteiger partial charge in [-0.15, -0.1) is 0 Å². The molecule has 0 aliphatic carbocycles. The summed E-state index contributed by atoms with van der Waals surface area (Å²) in [6, 6.07) is 5.81. The standard InChI is InChI=1S/C10H22O7.C7H6O3/c11-1-9(2-12,3-13)7-17-8-10(4-14,5-15)6-16;8-6-4-2-1-3-5(6)7(9)10/h11-16H,1-8H2;1-4,8H,(H,9,10). The van der Waals surface area contributed by atoms with Crippen LogP contribution in [0.1, 0.15) is 10.4 Å². The quantitative estimate of drug-likeness (QED) is 0.209. The van der Waals surface area contributed by atoms with E-state index < -0.39 is 56.4 Å². The van der Waals surface area contributed by atoms with Crippen LogP contribution < -0.4 is 0 Å². The van der Waals surface area contributed by atoms with E-state index in [-0.39, 0.29) is 24.5 Å². The first-order valence-corrected chi connectivity index (χ1v) is 8.03. The topological polar surface area (TPSA) is 188 Å². The molecule has 0 saturated carbocycles. The van der Waals surface area contributed by atoms with E-state index in [9.17, 15) is 4.79 Å². The first-order chi connectivity index (χ1) is 12.8. The van der Waals surface area contributed by atoms with Gasteiger partial charge in [0, 0.05) is 0 Å². The molecule has 0 aliphatic rings. The number of aliphatic hydroxyl groups is 6. The van der Waals surface area contributed by atoms with Crippen LogP contribution in [0.4, 0.5) is 0 Å². The molecule has 0 spiro atoms. The number of phenols is 1. The zero-order valence-electron chi connectivity index (χ0n) is 14.9. The summed E-state index contributed by atoms with van der Waals surface area (Å²) in [6.07, 6.45) is 0. The Morgan fingerprint density at radius 3 is 1.41 bits per heavy atom. The SMILES string of the molecule is O=C(O)c1ccccc1O.OCC(CO)(CO)COCC(CO)(CO)CO. The number of aliphatic hydroxyl groups excluding tert-OH is 6. The molecule has 0 amide bonds. The van der Waals surface area contributed by atoms with Gasteiger partial charge in [0.05, 0.1) is 63.7 Å². The third kappa shape index (κ3) is 7.77. The Morgan fingerprint density at radius 2 is 1.15 bits per heavy atom. The van der Waals surface area contributed by atoms with Gasteiger partial charge in [0.25, 0.3) is 0 Å². The second kappa shape index (κ2) is 12.6. The predicted molar refractivity (Wildman–Crippen MR) is 93.3 cm³/mol. The molecule has 27 heavy (non-hydrogen) atoms. The number of hydrogen-bond acceptors (Lipinski definition) is 9. The van der Waals surface area contributed by atoms with Gasteiger partial charge < -0.3 is 45.6 Å². The molecule has 0 radical (unpaired) electrons. The largest absolute Gasteiger partial charge is 0.507 e. The number of carboxylic acids is 1. The highest BCUT2D eigenvalue weighted by Crippen LogP contribution is 2.19. The van der Waals surface area contributed by atoms with Gasteiger partial charge >= 0.3 is 5.97 Å². The highest BCUT2D eigenvalue weighted by molar-refractivity contribution is 5.90. The zero-order valence-corrected chi connectivity index (χ0v) is 14.9. The number of aromatic hydroxyl groups is 1. The van der Waals surface area contributed by atoms with E-state index in [4.69, 9.17) is 45.6 Å². The van der Waals surface area contributed by atoms with Crippen molar-refractivity contribution >= 4 is 5.97 Å². The van der Waals surface area contributed by atoms with Crippen molar-refractivity contribution in [3.63, 3.8) is 0 Å². The Hall–Kier alpha value is -1.79. The maximum absolute atomic E-state index is 10.3. The number of carbonyl (C=O) groups is 1. The molecule has 8 N–H and O–H groups in total. The number of ether oxygens (including phenoxy) is 1. The summed E-state index contributed by atoms with van der Waals surface area (Å²) >= 11 is 0. The Kier molecular flexibility index (Phi) is 11.7. The van der Waals surface area contributed by atoms with Crippen molar-refractivity contribution in [2.75, 3.05) is 52.9 Å². The Labute approximate surface area is 156 Å². The molecule has 156 valence electrons. The van der Waals surface area contributed by atoms with E-state index in [1.54, 1.807) is 12.1 Å². The average Bonchev–Trinajstić information content (AvgIpc) is 2.70. The maximum Gasteiger partial charge on any atom is 0.339 e. The third-order valence-electron chi connectivity index (χ3n) is 3.96.